The first-order valence-corrected chi connectivity index (χ1v) is 12.9. The highest BCUT2D eigenvalue weighted by molar-refractivity contribution is 6.09. The summed E-state index contributed by atoms with van der Waals surface area (Å²) in [5.41, 5.74) is 3.49. The molecule has 0 aromatic heterocycles. The second-order valence-corrected chi connectivity index (χ2v) is 8.82. The van der Waals surface area contributed by atoms with E-state index in [0.717, 1.165) is 68.1 Å². The van der Waals surface area contributed by atoms with Gasteiger partial charge in [0.1, 0.15) is 12.9 Å². The van der Waals surface area contributed by atoms with Crippen LogP contribution in [0.15, 0.2) is 35.5 Å². The first-order valence-electron chi connectivity index (χ1n) is 12.9. The van der Waals surface area contributed by atoms with Gasteiger partial charge < -0.3 is 30.8 Å². The van der Waals surface area contributed by atoms with Gasteiger partial charge >= 0.3 is 6.03 Å². The molecule has 198 valence electrons. The highest BCUT2D eigenvalue weighted by Gasteiger charge is 2.19. The molecule has 0 spiro atoms. The van der Waals surface area contributed by atoms with Gasteiger partial charge in [0, 0.05) is 56.5 Å². The van der Waals surface area contributed by atoms with Gasteiger partial charge in [0.05, 0.1) is 0 Å². The molecule has 0 atom stereocenters. The molecule has 1 aromatic carbocycles. The molecule has 0 saturated carbocycles. The van der Waals surface area contributed by atoms with Crippen molar-refractivity contribution in [1.82, 2.24) is 21.3 Å². The van der Waals surface area contributed by atoms with Gasteiger partial charge in [-0.2, -0.15) is 0 Å². The van der Waals surface area contributed by atoms with E-state index >= 15 is 0 Å². The van der Waals surface area contributed by atoms with Crippen LogP contribution in [0, 0.1) is 0 Å². The van der Waals surface area contributed by atoms with Gasteiger partial charge in [-0.1, -0.05) is 30.7 Å². The molecule has 0 aliphatic heterocycles. The number of hydrogen-bond donors (Lipinski definition) is 4. The van der Waals surface area contributed by atoms with Crippen LogP contribution in [-0.2, 0) is 20.9 Å². The zero-order valence-corrected chi connectivity index (χ0v) is 21.3. The summed E-state index contributed by atoms with van der Waals surface area (Å²) in [4.78, 5) is 46.7. The first kappa shape index (κ1) is 29.0. The Hall–Kier alpha value is -3.20. The normalized spacial score (nSPS) is 13.1. The second kappa shape index (κ2) is 17.3. The number of carbonyl (C=O) groups excluding carboxylic acids is 4. The molecule has 0 fully saturated rings. The predicted molar refractivity (Wildman–Crippen MR) is 139 cm³/mol. The number of carbonyl (C=O) groups is 4. The van der Waals surface area contributed by atoms with Crippen LogP contribution in [0.3, 0.4) is 0 Å². The third-order valence-electron chi connectivity index (χ3n) is 6.02. The van der Waals surface area contributed by atoms with Crippen LogP contribution in [-0.4, -0.2) is 57.4 Å². The van der Waals surface area contributed by atoms with Gasteiger partial charge in [-0.3, -0.25) is 9.59 Å². The molecule has 0 radical (unpaired) electrons. The van der Waals surface area contributed by atoms with Crippen molar-refractivity contribution in [3.05, 3.63) is 46.7 Å². The molecule has 3 amide bonds. The molecular weight excluding hydrogens is 460 g/mol. The SMILES string of the molecule is CNC1=C(C(=O)c2ccc(CNC(=O)COCCCNC(=O)NCCCCCC=O)cc2)CCCC1. The van der Waals surface area contributed by atoms with Gasteiger partial charge in [-0.25, -0.2) is 4.79 Å². The maximum atomic E-state index is 12.8. The summed E-state index contributed by atoms with van der Waals surface area (Å²) in [6.07, 6.45) is 8.54. The van der Waals surface area contributed by atoms with Crippen LogP contribution in [0.4, 0.5) is 4.79 Å². The van der Waals surface area contributed by atoms with Crippen molar-refractivity contribution in [2.45, 2.75) is 64.3 Å². The highest BCUT2D eigenvalue weighted by atomic mass is 16.5. The van der Waals surface area contributed by atoms with Crippen molar-refractivity contribution in [3.8, 4) is 0 Å². The smallest absolute Gasteiger partial charge is 0.314 e. The number of benzene rings is 1. The third kappa shape index (κ3) is 11.0. The standard InChI is InChI=1S/C27H40N4O5/c1-28-24-10-5-4-9-23(24)26(34)22-13-11-21(12-14-22)19-31-25(33)20-36-18-8-16-30-27(35)29-15-6-2-3-7-17-32/h11-14,17,28H,2-10,15-16,18-20H2,1H3,(H,31,33)(H2,29,30,35). The predicted octanol–water partition coefficient (Wildman–Crippen LogP) is 3.00. The Balaban J connectivity index is 1.55. The molecule has 1 aliphatic rings. The lowest BCUT2D eigenvalue weighted by molar-refractivity contribution is -0.125. The molecule has 2 rings (SSSR count). The Morgan fingerprint density at radius 1 is 0.917 bits per heavy atom. The van der Waals surface area contributed by atoms with Crippen LogP contribution >= 0.6 is 0 Å². The van der Waals surface area contributed by atoms with E-state index in [4.69, 9.17) is 4.74 Å². The fourth-order valence-electron chi connectivity index (χ4n) is 3.97. The van der Waals surface area contributed by atoms with E-state index in [1.54, 1.807) is 0 Å². The summed E-state index contributed by atoms with van der Waals surface area (Å²) in [5.74, 6) is -0.150. The molecule has 0 unspecified atom stereocenters. The Labute approximate surface area is 213 Å². The van der Waals surface area contributed by atoms with Crippen LogP contribution in [0.25, 0.3) is 0 Å². The van der Waals surface area contributed by atoms with E-state index < -0.39 is 0 Å². The number of ether oxygens (including phenoxy) is 1. The number of Topliss-reactive ketones (excluding diaryl/α,β-unsaturated/α-hetero) is 1. The van der Waals surface area contributed by atoms with Gasteiger partial charge in [0.15, 0.2) is 5.78 Å². The lowest BCUT2D eigenvalue weighted by Gasteiger charge is -2.19. The maximum Gasteiger partial charge on any atom is 0.314 e. The van der Waals surface area contributed by atoms with Gasteiger partial charge in [0.2, 0.25) is 5.91 Å². The van der Waals surface area contributed by atoms with Crippen molar-refractivity contribution in [2.24, 2.45) is 0 Å². The van der Waals surface area contributed by atoms with Crippen molar-refractivity contribution in [3.63, 3.8) is 0 Å². The monoisotopic (exact) mass is 500 g/mol. The molecule has 9 heteroatoms. The van der Waals surface area contributed by atoms with Crippen LogP contribution < -0.4 is 21.3 Å². The van der Waals surface area contributed by atoms with E-state index in [2.05, 4.69) is 21.3 Å². The Kier molecular flexibility index (Phi) is 13.9. The minimum absolute atomic E-state index is 0.0511. The fraction of sp³-hybridized carbons (Fsp3) is 0.556. The largest absolute Gasteiger partial charge is 0.391 e. The number of ketones is 1. The molecular formula is C27H40N4O5. The number of amides is 3. The average Bonchev–Trinajstić information content (AvgIpc) is 2.91. The quantitative estimate of drug-likeness (QED) is 0.148. The van der Waals surface area contributed by atoms with Crippen molar-refractivity contribution >= 4 is 24.0 Å². The zero-order chi connectivity index (χ0) is 26.0. The lowest BCUT2D eigenvalue weighted by Crippen LogP contribution is -2.36. The number of hydrogen-bond acceptors (Lipinski definition) is 6. The van der Waals surface area contributed by atoms with E-state index in [1.807, 2.05) is 31.3 Å². The van der Waals surface area contributed by atoms with Gasteiger partial charge in [0.25, 0.3) is 0 Å². The molecule has 36 heavy (non-hydrogen) atoms. The van der Waals surface area contributed by atoms with Gasteiger partial charge in [-0.15, -0.1) is 0 Å². The summed E-state index contributed by atoms with van der Waals surface area (Å²) in [6.45, 7) is 1.70. The number of aldehydes is 1. The van der Waals surface area contributed by atoms with Crippen molar-refractivity contribution < 1.29 is 23.9 Å². The molecule has 1 aromatic rings. The zero-order valence-electron chi connectivity index (χ0n) is 21.3. The van der Waals surface area contributed by atoms with E-state index in [1.165, 1.54) is 0 Å². The summed E-state index contributed by atoms with van der Waals surface area (Å²) < 4.78 is 5.37. The van der Waals surface area contributed by atoms with Crippen molar-refractivity contribution in [1.29, 1.82) is 0 Å². The van der Waals surface area contributed by atoms with Crippen LogP contribution in [0.5, 0.6) is 0 Å². The summed E-state index contributed by atoms with van der Waals surface area (Å²) in [5, 5.41) is 11.5. The Bertz CT molecular complexity index is 883. The first-order chi connectivity index (χ1) is 17.5. The third-order valence-corrected chi connectivity index (χ3v) is 6.02. The number of nitrogens with one attached hydrogen (secondary N) is 4. The number of allylic oxidation sites excluding steroid dienone is 2. The Morgan fingerprint density at radius 2 is 1.64 bits per heavy atom. The van der Waals surface area contributed by atoms with E-state index in [0.29, 0.717) is 44.6 Å². The fourth-order valence-corrected chi connectivity index (χ4v) is 3.97. The summed E-state index contributed by atoms with van der Waals surface area (Å²) in [6, 6.07) is 7.12. The minimum atomic E-state index is -0.228. The molecule has 4 N–H and O–H groups in total. The van der Waals surface area contributed by atoms with E-state index in [9.17, 15) is 19.2 Å². The molecule has 1 aliphatic carbocycles. The summed E-state index contributed by atoms with van der Waals surface area (Å²) in [7, 11) is 1.86. The highest BCUT2D eigenvalue weighted by Crippen LogP contribution is 2.26. The number of unbranched alkanes of at least 4 members (excludes halogenated alkanes) is 3. The maximum absolute atomic E-state index is 12.8. The lowest BCUT2D eigenvalue weighted by atomic mass is 9.90. The summed E-state index contributed by atoms with van der Waals surface area (Å²) >= 11 is 0. The minimum Gasteiger partial charge on any atom is -0.391 e. The molecule has 0 bridgehead atoms. The number of rotatable bonds is 17. The van der Waals surface area contributed by atoms with E-state index in [-0.39, 0.29) is 24.3 Å². The second-order valence-electron chi connectivity index (χ2n) is 8.82. The molecule has 0 heterocycles. The van der Waals surface area contributed by atoms with Crippen LogP contribution in [0.1, 0.15) is 73.7 Å². The average molecular weight is 501 g/mol. The van der Waals surface area contributed by atoms with Gasteiger partial charge in [-0.05, 0) is 50.5 Å². The molecule has 0 saturated heterocycles. The van der Waals surface area contributed by atoms with Crippen molar-refractivity contribution in [2.75, 3.05) is 33.4 Å². The number of urea groups is 1. The Morgan fingerprint density at radius 3 is 2.36 bits per heavy atom. The van der Waals surface area contributed by atoms with Crippen LogP contribution in [0.2, 0.25) is 0 Å². The topological polar surface area (TPSA) is 126 Å². The molecule has 9 nitrogen and oxygen atoms in total.